The SMILES string of the molecule is Cc1csc(C(C#N)C(=O)CSc2ccc(Br)cc2)n1. The Kier molecular flexibility index (Phi) is 5.35. The average Bonchev–Trinajstić information content (AvgIpc) is 2.85. The molecule has 102 valence electrons. The number of hydrogen-bond donors (Lipinski definition) is 0. The molecule has 0 saturated heterocycles. The van der Waals surface area contributed by atoms with Crippen LogP contribution in [0.4, 0.5) is 0 Å². The lowest BCUT2D eigenvalue weighted by Crippen LogP contribution is -2.13. The Morgan fingerprint density at radius 1 is 1.50 bits per heavy atom. The zero-order valence-electron chi connectivity index (χ0n) is 10.7. The number of nitriles is 1. The average molecular weight is 367 g/mol. The first-order valence-corrected chi connectivity index (χ1v) is 8.48. The molecule has 1 atom stereocenters. The Labute approximate surface area is 134 Å². The number of aryl methyl sites for hydroxylation is 1. The van der Waals surface area contributed by atoms with Crippen LogP contribution in [0.25, 0.3) is 0 Å². The molecule has 1 unspecified atom stereocenters. The number of ketones is 1. The van der Waals surface area contributed by atoms with Crippen molar-refractivity contribution in [2.75, 3.05) is 5.75 Å². The van der Waals surface area contributed by atoms with E-state index in [2.05, 4.69) is 27.0 Å². The molecule has 0 aliphatic heterocycles. The monoisotopic (exact) mass is 366 g/mol. The number of nitrogens with zero attached hydrogens (tertiary/aromatic N) is 2. The first-order chi connectivity index (χ1) is 9.60. The van der Waals surface area contributed by atoms with E-state index in [-0.39, 0.29) is 11.5 Å². The smallest absolute Gasteiger partial charge is 0.167 e. The van der Waals surface area contributed by atoms with Crippen LogP contribution in [0.3, 0.4) is 0 Å². The van der Waals surface area contributed by atoms with E-state index in [1.807, 2.05) is 36.6 Å². The number of thioether (sulfide) groups is 1. The van der Waals surface area contributed by atoms with Crippen LogP contribution in [-0.2, 0) is 4.79 Å². The molecular weight excluding hydrogens is 356 g/mol. The normalized spacial score (nSPS) is 11.8. The molecular formula is C14H11BrN2OS2. The van der Waals surface area contributed by atoms with Gasteiger partial charge in [-0.2, -0.15) is 5.26 Å². The van der Waals surface area contributed by atoms with Gasteiger partial charge in [-0.25, -0.2) is 4.98 Å². The maximum atomic E-state index is 12.1. The fourth-order valence-corrected chi connectivity index (χ4v) is 3.47. The van der Waals surface area contributed by atoms with E-state index in [4.69, 9.17) is 0 Å². The quantitative estimate of drug-likeness (QED) is 0.744. The van der Waals surface area contributed by atoms with Gasteiger partial charge in [0.2, 0.25) is 0 Å². The first-order valence-electron chi connectivity index (χ1n) is 5.83. The van der Waals surface area contributed by atoms with Gasteiger partial charge in [0.05, 0.1) is 11.8 Å². The highest BCUT2D eigenvalue weighted by atomic mass is 79.9. The number of aromatic nitrogens is 1. The van der Waals surface area contributed by atoms with Crippen LogP contribution in [0.1, 0.15) is 16.6 Å². The molecule has 0 bridgehead atoms. The predicted octanol–water partition coefficient (Wildman–Crippen LogP) is 4.18. The summed E-state index contributed by atoms with van der Waals surface area (Å²) in [5.41, 5.74) is 0.846. The number of thiazole rings is 1. The Bertz CT molecular complexity index is 646. The third-order valence-electron chi connectivity index (χ3n) is 2.53. The van der Waals surface area contributed by atoms with Crippen LogP contribution < -0.4 is 0 Å². The minimum atomic E-state index is -0.753. The van der Waals surface area contributed by atoms with Gasteiger partial charge in [0.1, 0.15) is 5.01 Å². The highest BCUT2D eigenvalue weighted by Gasteiger charge is 2.23. The standard InChI is InChI=1S/C14H11BrN2OS2/c1-9-7-20-14(17-9)12(6-16)13(18)8-19-11-4-2-10(15)3-5-11/h2-5,7,12H,8H2,1H3. The van der Waals surface area contributed by atoms with E-state index in [0.717, 1.165) is 15.1 Å². The number of Topliss-reactive ketones (excluding diaryl/α,β-unsaturated/α-hetero) is 1. The summed E-state index contributed by atoms with van der Waals surface area (Å²) in [6.45, 7) is 1.86. The van der Waals surface area contributed by atoms with Crippen molar-refractivity contribution in [2.45, 2.75) is 17.7 Å². The molecule has 1 aromatic heterocycles. The summed E-state index contributed by atoms with van der Waals surface area (Å²) in [7, 11) is 0. The molecule has 2 aromatic rings. The molecule has 3 nitrogen and oxygen atoms in total. The summed E-state index contributed by atoms with van der Waals surface area (Å²) in [4.78, 5) is 17.4. The van der Waals surface area contributed by atoms with Crippen LogP contribution in [0, 0.1) is 18.3 Å². The Morgan fingerprint density at radius 2 is 2.20 bits per heavy atom. The van der Waals surface area contributed by atoms with Crippen LogP contribution in [-0.4, -0.2) is 16.5 Å². The topological polar surface area (TPSA) is 53.8 Å². The van der Waals surface area contributed by atoms with Gasteiger partial charge < -0.3 is 0 Å². The first kappa shape index (κ1) is 15.2. The summed E-state index contributed by atoms with van der Waals surface area (Å²) in [6.07, 6.45) is 0. The molecule has 0 radical (unpaired) electrons. The van der Waals surface area contributed by atoms with E-state index in [9.17, 15) is 10.1 Å². The summed E-state index contributed by atoms with van der Waals surface area (Å²) >= 11 is 6.17. The van der Waals surface area contributed by atoms with Crippen LogP contribution >= 0.6 is 39.0 Å². The maximum absolute atomic E-state index is 12.1. The van der Waals surface area contributed by atoms with Crippen molar-refractivity contribution in [2.24, 2.45) is 0 Å². The molecule has 0 aliphatic rings. The second kappa shape index (κ2) is 7.02. The zero-order chi connectivity index (χ0) is 14.5. The predicted molar refractivity (Wildman–Crippen MR) is 85.1 cm³/mol. The Balaban J connectivity index is 2.00. The lowest BCUT2D eigenvalue weighted by Gasteiger charge is -2.05. The van der Waals surface area contributed by atoms with E-state index >= 15 is 0 Å². The number of benzene rings is 1. The lowest BCUT2D eigenvalue weighted by atomic mass is 10.1. The summed E-state index contributed by atoms with van der Waals surface area (Å²) < 4.78 is 1.00. The number of rotatable bonds is 5. The van der Waals surface area contributed by atoms with Crippen molar-refractivity contribution >= 4 is 44.8 Å². The van der Waals surface area contributed by atoms with E-state index < -0.39 is 5.92 Å². The van der Waals surface area contributed by atoms with Crippen LogP contribution in [0.15, 0.2) is 39.0 Å². The Morgan fingerprint density at radius 3 is 2.75 bits per heavy atom. The van der Waals surface area contributed by atoms with E-state index in [1.165, 1.54) is 23.1 Å². The molecule has 0 fully saturated rings. The van der Waals surface area contributed by atoms with Gasteiger partial charge in [0.25, 0.3) is 0 Å². The van der Waals surface area contributed by atoms with Crippen molar-refractivity contribution in [3.63, 3.8) is 0 Å². The molecule has 0 saturated carbocycles. The second-order valence-corrected chi connectivity index (χ2v) is 6.95. The molecule has 0 spiro atoms. The van der Waals surface area contributed by atoms with E-state index in [0.29, 0.717) is 5.01 Å². The van der Waals surface area contributed by atoms with Gasteiger partial charge in [0.15, 0.2) is 11.7 Å². The zero-order valence-corrected chi connectivity index (χ0v) is 13.9. The van der Waals surface area contributed by atoms with Gasteiger partial charge in [-0.3, -0.25) is 4.79 Å². The molecule has 0 aliphatic carbocycles. The summed E-state index contributed by atoms with van der Waals surface area (Å²) in [5, 5.41) is 11.6. The van der Waals surface area contributed by atoms with Crippen LogP contribution in [0.2, 0.25) is 0 Å². The fourth-order valence-electron chi connectivity index (χ4n) is 1.54. The van der Waals surface area contributed by atoms with Crippen molar-refractivity contribution in [1.82, 2.24) is 4.98 Å². The highest BCUT2D eigenvalue weighted by Crippen LogP contribution is 2.25. The number of halogens is 1. The lowest BCUT2D eigenvalue weighted by molar-refractivity contribution is -0.116. The third-order valence-corrected chi connectivity index (χ3v) is 5.12. The highest BCUT2D eigenvalue weighted by molar-refractivity contribution is 9.10. The van der Waals surface area contributed by atoms with Gasteiger partial charge in [0, 0.05) is 20.4 Å². The number of carbonyl (C=O) groups is 1. The largest absolute Gasteiger partial charge is 0.297 e. The Hall–Kier alpha value is -1.16. The molecule has 2 rings (SSSR count). The third kappa shape index (κ3) is 3.92. The van der Waals surface area contributed by atoms with Crippen molar-refractivity contribution < 1.29 is 4.79 Å². The summed E-state index contributed by atoms with van der Waals surface area (Å²) in [5.74, 6) is -0.579. The van der Waals surface area contributed by atoms with Crippen molar-refractivity contribution in [3.8, 4) is 6.07 Å². The van der Waals surface area contributed by atoms with Gasteiger partial charge in [-0.05, 0) is 31.2 Å². The molecule has 1 heterocycles. The minimum Gasteiger partial charge on any atom is -0.297 e. The van der Waals surface area contributed by atoms with Crippen LogP contribution in [0.5, 0.6) is 0 Å². The number of hydrogen-bond acceptors (Lipinski definition) is 5. The second-order valence-electron chi connectivity index (χ2n) is 4.10. The van der Waals surface area contributed by atoms with Crippen molar-refractivity contribution in [1.29, 1.82) is 5.26 Å². The molecule has 6 heteroatoms. The molecule has 0 amide bonds. The maximum Gasteiger partial charge on any atom is 0.167 e. The van der Waals surface area contributed by atoms with Gasteiger partial charge in [-0.15, -0.1) is 23.1 Å². The van der Waals surface area contributed by atoms with E-state index in [1.54, 1.807) is 0 Å². The fraction of sp³-hybridized carbons (Fsp3) is 0.214. The number of carbonyl (C=O) groups excluding carboxylic acids is 1. The van der Waals surface area contributed by atoms with Gasteiger partial charge in [-0.1, -0.05) is 15.9 Å². The van der Waals surface area contributed by atoms with Gasteiger partial charge >= 0.3 is 0 Å². The summed E-state index contributed by atoms with van der Waals surface area (Å²) in [6, 6.07) is 9.80. The minimum absolute atomic E-state index is 0.102. The molecule has 1 aromatic carbocycles. The molecule has 0 N–H and O–H groups in total. The molecule has 20 heavy (non-hydrogen) atoms. The van der Waals surface area contributed by atoms with Crippen molar-refractivity contribution in [3.05, 3.63) is 44.8 Å².